The number of nitrogens with one attached hydrogen (secondary N) is 1. The number of aromatic nitrogens is 2. The van der Waals surface area contributed by atoms with E-state index in [0.29, 0.717) is 5.95 Å². The Labute approximate surface area is 147 Å². The van der Waals surface area contributed by atoms with Crippen LogP contribution in [0, 0.1) is 0 Å². The molecule has 4 nitrogen and oxygen atoms in total. The van der Waals surface area contributed by atoms with E-state index in [-0.39, 0.29) is 6.10 Å². The molecule has 0 radical (unpaired) electrons. The molecule has 1 N–H and O–H groups in total. The van der Waals surface area contributed by atoms with Gasteiger partial charge in [0.15, 0.2) is 0 Å². The van der Waals surface area contributed by atoms with Crippen molar-refractivity contribution in [1.29, 1.82) is 0 Å². The first kappa shape index (κ1) is 16.0. The lowest BCUT2D eigenvalue weighted by molar-refractivity contribution is 0.242. The predicted molar refractivity (Wildman–Crippen MR) is 98.5 cm³/mol. The molecule has 0 saturated carbocycles. The second-order valence-electron chi connectivity index (χ2n) is 5.19. The molecule has 2 aromatic heterocycles. The molecule has 0 spiro atoms. The topological polar surface area (TPSA) is 47.0 Å². The molecule has 6 heteroatoms. The molecule has 2 heterocycles. The maximum Gasteiger partial charge on any atom is 0.227 e. The van der Waals surface area contributed by atoms with Crippen LogP contribution in [0.15, 0.2) is 52.4 Å². The van der Waals surface area contributed by atoms with Crippen molar-refractivity contribution in [3.8, 4) is 16.3 Å². The lowest BCUT2D eigenvalue weighted by Gasteiger charge is -2.11. The number of ether oxygens (including phenoxy) is 1. The summed E-state index contributed by atoms with van der Waals surface area (Å²) in [5.41, 5.74) is 1.79. The molecule has 1 aromatic carbocycles. The predicted octanol–water partition coefficient (Wildman–Crippen LogP) is 5.50. The smallest absolute Gasteiger partial charge is 0.227 e. The van der Waals surface area contributed by atoms with Gasteiger partial charge in [0.25, 0.3) is 0 Å². The van der Waals surface area contributed by atoms with E-state index >= 15 is 0 Å². The summed E-state index contributed by atoms with van der Waals surface area (Å²) in [6, 6.07) is 13.7. The van der Waals surface area contributed by atoms with Gasteiger partial charge in [-0.25, -0.2) is 9.97 Å². The quantitative estimate of drug-likeness (QED) is 0.625. The van der Waals surface area contributed by atoms with Gasteiger partial charge in [-0.3, -0.25) is 0 Å². The zero-order chi connectivity index (χ0) is 16.2. The molecule has 118 valence electrons. The first-order chi connectivity index (χ1) is 11.1. The molecule has 0 bridgehead atoms. The highest BCUT2D eigenvalue weighted by Gasteiger charge is 2.06. The van der Waals surface area contributed by atoms with Crippen molar-refractivity contribution in [2.75, 3.05) is 5.32 Å². The number of hydrogen-bond acceptors (Lipinski definition) is 5. The van der Waals surface area contributed by atoms with E-state index in [1.165, 1.54) is 0 Å². The normalized spacial score (nSPS) is 10.8. The summed E-state index contributed by atoms with van der Waals surface area (Å²) in [6.07, 6.45) is 1.90. The number of anilines is 2. The van der Waals surface area contributed by atoms with Crippen molar-refractivity contribution < 1.29 is 4.74 Å². The third-order valence-corrected chi connectivity index (χ3v) is 4.59. The van der Waals surface area contributed by atoms with Crippen LogP contribution >= 0.6 is 27.3 Å². The maximum atomic E-state index is 5.70. The highest BCUT2D eigenvalue weighted by atomic mass is 79.9. The van der Waals surface area contributed by atoms with Crippen LogP contribution in [0.3, 0.4) is 0 Å². The number of rotatable bonds is 5. The van der Waals surface area contributed by atoms with Gasteiger partial charge in [-0.1, -0.05) is 6.07 Å². The molecule has 3 aromatic rings. The average molecular weight is 390 g/mol. The molecule has 0 fully saturated rings. The fourth-order valence-electron chi connectivity index (χ4n) is 2.06. The van der Waals surface area contributed by atoms with E-state index in [4.69, 9.17) is 4.74 Å². The van der Waals surface area contributed by atoms with Crippen molar-refractivity contribution in [3.63, 3.8) is 0 Å². The van der Waals surface area contributed by atoms with Gasteiger partial charge < -0.3 is 10.1 Å². The third kappa shape index (κ3) is 4.30. The minimum atomic E-state index is 0.141. The van der Waals surface area contributed by atoms with Gasteiger partial charge in [-0.15, -0.1) is 11.3 Å². The summed E-state index contributed by atoms with van der Waals surface area (Å²) in [6.45, 7) is 4.01. The van der Waals surface area contributed by atoms with E-state index in [1.54, 1.807) is 17.5 Å². The Kier molecular flexibility index (Phi) is 4.93. The highest BCUT2D eigenvalue weighted by Crippen LogP contribution is 2.30. The summed E-state index contributed by atoms with van der Waals surface area (Å²) < 4.78 is 6.79. The minimum absolute atomic E-state index is 0.141. The van der Waals surface area contributed by atoms with Gasteiger partial charge in [0, 0.05) is 18.0 Å². The summed E-state index contributed by atoms with van der Waals surface area (Å²) in [5, 5.41) is 3.23. The molecule has 0 saturated heterocycles. The average Bonchev–Trinajstić information content (AvgIpc) is 2.94. The summed E-state index contributed by atoms with van der Waals surface area (Å²) in [7, 11) is 0. The zero-order valence-corrected chi connectivity index (χ0v) is 15.2. The number of halogens is 1. The molecule has 3 rings (SSSR count). The van der Waals surface area contributed by atoms with Gasteiger partial charge in [-0.2, -0.15) is 0 Å². The molecular formula is C17H16BrN3OS. The molecule has 0 atom stereocenters. The molecule has 0 amide bonds. The third-order valence-electron chi connectivity index (χ3n) is 2.94. The van der Waals surface area contributed by atoms with Crippen LogP contribution in [0.2, 0.25) is 0 Å². The second kappa shape index (κ2) is 7.10. The lowest BCUT2D eigenvalue weighted by Crippen LogP contribution is -2.05. The number of hydrogen-bond donors (Lipinski definition) is 1. The van der Waals surface area contributed by atoms with Crippen LogP contribution in [-0.4, -0.2) is 16.1 Å². The van der Waals surface area contributed by atoms with Gasteiger partial charge in [0.05, 0.1) is 20.5 Å². The largest absolute Gasteiger partial charge is 0.491 e. The van der Waals surface area contributed by atoms with Crippen LogP contribution in [0.25, 0.3) is 10.6 Å². The van der Waals surface area contributed by atoms with Crippen LogP contribution < -0.4 is 10.1 Å². The summed E-state index contributed by atoms with van der Waals surface area (Å²) in [5.74, 6) is 1.39. The lowest BCUT2D eigenvalue weighted by atomic mass is 10.3. The Morgan fingerprint density at radius 3 is 2.78 bits per heavy atom. The second-order valence-corrected chi connectivity index (χ2v) is 7.65. The van der Waals surface area contributed by atoms with E-state index in [1.807, 2.05) is 56.3 Å². The summed E-state index contributed by atoms with van der Waals surface area (Å²) >= 11 is 5.12. The minimum Gasteiger partial charge on any atom is -0.491 e. The Hall–Kier alpha value is -1.92. The van der Waals surface area contributed by atoms with E-state index in [0.717, 1.165) is 25.8 Å². The van der Waals surface area contributed by atoms with Crippen LogP contribution in [0.5, 0.6) is 5.75 Å². The maximum absolute atomic E-state index is 5.70. The number of benzene rings is 1. The van der Waals surface area contributed by atoms with E-state index in [2.05, 4.69) is 31.2 Å². The van der Waals surface area contributed by atoms with Gasteiger partial charge >= 0.3 is 0 Å². The van der Waals surface area contributed by atoms with Crippen LogP contribution in [-0.2, 0) is 0 Å². The van der Waals surface area contributed by atoms with E-state index in [9.17, 15) is 0 Å². The first-order valence-electron chi connectivity index (χ1n) is 7.22. The molecule has 0 aliphatic heterocycles. The van der Waals surface area contributed by atoms with Crippen molar-refractivity contribution in [1.82, 2.24) is 9.97 Å². The van der Waals surface area contributed by atoms with Crippen LogP contribution in [0.1, 0.15) is 13.8 Å². The van der Waals surface area contributed by atoms with Gasteiger partial charge in [-0.05, 0) is 60.1 Å². The molecule has 0 aliphatic carbocycles. The summed E-state index contributed by atoms with van der Waals surface area (Å²) in [4.78, 5) is 9.95. The molecule has 0 unspecified atom stereocenters. The van der Waals surface area contributed by atoms with Crippen molar-refractivity contribution in [3.05, 3.63) is 52.4 Å². The molecular weight excluding hydrogens is 374 g/mol. The standard InChI is InChI=1S/C17H16BrN3OS/c1-11(2)22-13-5-3-4-12(10-13)20-17-19-9-8-14(21-17)15-6-7-16(18)23-15/h3-11H,1-2H3,(H,19,20,21). The van der Waals surface area contributed by atoms with Crippen molar-refractivity contribution in [2.45, 2.75) is 20.0 Å². The molecule has 23 heavy (non-hydrogen) atoms. The van der Waals surface area contributed by atoms with E-state index < -0.39 is 0 Å². The Morgan fingerprint density at radius 1 is 1.17 bits per heavy atom. The Bertz CT molecular complexity index is 804. The monoisotopic (exact) mass is 389 g/mol. The number of thiophene rings is 1. The van der Waals surface area contributed by atoms with Crippen molar-refractivity contribution >= 4 is 38.9 Å². The van der Waals surface area contributed by atoms with Gasteiger partial charge in [0.1, 0.15) is 5.75 Å². The SMILES string of the molecule is CC(C)Oc1cccc(Nc2nccc(-c3ccc(Br)s3)n2)c1. The molecule has 0 aliphatic rings. The first-order valence-corrected chi connectivity index (χ1v) is 8.83. The fourth-order valence-corrected chi connectivity index (χ4v) is 3.41. The van der Waals surface area contributed by atoms with Gasteiger partial charge in [0.2, 0.25) is 5.95 Å². The Morgan fingerprint density at radius 2 is 2.04 bits per heavy atom. The number of nitrogens with zero attached hydrogens (tertiary/aromatic N) is 2. The van der Waals surface area contributed by atoms with Crippen molar-refractivity contribution in [2.24, 2.45) is 0 Å². The highest BCUT2D eigenvalue weighted by molar-refractivity contribution is 9.11. The van der Waals surface area contributed by atoms with Crippen LogP contribution in [0.4, 0.5) is 11.6 Å². The zero-order valence-electron chi connectivity index (χ0n) is 12.8. The Balaban J connectivity index is 1.80. The fraction of sp³-hybridized carbons (Fsp3) is 0.176.